The van der Waals surface area contributed by atoms with Gasteiger partial charge in [-0.2, -0.15) is 0 Å². The number of rotatable bonds is 5. The highest BCUT2D eigenvalue weighted by molar-refractivity contribution is 7.90. The first kappa shape index (κ1) is 16.5. The maximum Gasteiger partial charge on any atom is 0.182 e. The lowest BCUT2D eigenvalue weighted by molar-refractivity contribution is 0.595. The van der Waals surface area contributed by atoms with Gasteiger partial charge in [0.2, 0.25) is 0 Å². The summed E-state index contributed by atoms with van der Waals surface area (Å²) >= 11 is 5.56. The molecule has 0 heterocycles. The van der Waals surface area contributed by atoms with Gasteiger partial charge in [-0.05, 0) is 36.8 Å². The Hall–Kier alpha value is -1.85. The van der Waals surface area contributed by atoms with Crippen LogP contribution in [0.2, 0.25) is 0 Å². The van der Waals surface area contributed by atoms with Gasteiger partial charge in [-0.25, -0.2) is 13.4 Å². The average molecular weight is 337 g/mol. The number of hydrogen-bond acceptors (Lipinski definition) is 3. The molecule has 2 aromatic rings. The first-order valence-electron chi connectivity index (χ1n) is 6.68. The van der Waals surface area contributed by atoms with E-state index in [2.05, 4.69) is 4.99 Å². The second-order valence-corrected chi connectivity index (χ2v) is 7.23. The van der Waals surface area contributed by atoms with Crippen molar-refractivity contribution in [3.8, 4) is 0 Å². The van der Waals surface area contributed by atoms with Gasteiger partial charge in [0.05, 0.1) is 22.2 Å². The molecule has 0 atom stereocenters. The molecular weight excluding hydrogens is 320 g/mol. The van der Waals surface area contributed by atoms with Crippen molar-refractivity contribution in [3.63, 3.8) is 0 Å². The van der Waals surface area contributed by atoms with Crippen LogP contribution in [0.25, 0.3) is 0 Å². The highest BCUT2D eigenvalue weighted by Crippen LogP contribution is 2.19. The SMILES string of the molecule is Cc1ccc(S(=O)(=O)Cc2ccc(N=C(N)CCl)cc2)cc1. The fourth-order valence-corrected chi connectivity index (χ4v) is 3.32. The topological polar surface area (TPSA) is 72.5 Å². The summed E-state index contributed by atoms with van der Waals surface area (Å²) in [7, 11) is -3.35. The molecule has 6 heteroatoms. The van der Waals surface area contributed by atoms with E-state index in [4.69, 9.17) is 17.3 Å². The van der Waals surface area contributed by atoms with Gasteiger partial charge in [-0.3, -0.25) is 0 Å². The zero-order valence-corrected chi connectivity index (χ0v) is 13.7. The fraction of sp³-hybridized carbons (Fsp3) is 0.188. The number of aliphatic imine (C=N–C) groups is 1. The van der Waals surface area contributed by atoms with Crippen molar-refractivity contribution in [2.45, 2.75) is 17.6 Å². The Labute approximate surface area is 135 Å². The molecule has 0 fully saturated rings. The van der Waals surface area contributed by atoms with Crippen LogP contribution in [0.3, 0.4) is 0 Å². The first-order valence-corrected chi connectivity index (χ1v) is 8.87. The third-order valence-corrected chi connectivity index (χ3v) is 5.06. The highest BCUT2D eigenvalue weighted by Gasteiger charge is 2.14. The van der Waals surface area contributed by atoms with Crippen LogP contribution in [0, 0.1) is 6.92 Å². The Balaban J connectivity index is 2.18. The summed E-state index contributed by atoms with van der Waals surface area (Å²) in [5.41, 5.74) is 7.93. The predicted octanol–water partition coefficient (Wildman–Crippen LogP) is 3.20. The van der Waals surface area contributed by atoms with E-state index in [1.165, 1.54) is 0 Å². The molecule has 4 nitrogen and oxygen atoms in total. The molecule has 0 spiro atoms. The van der Waals surface area contributed by atoms with Gasteiger partial charge in [0.1, 0.15) is 5.84 Å². The number of halogens is 1. The van der Waals surface area contributed by atoms with Crippen LogP contribution in [-0.2, 0) is 15.6 Å². The van der Waals surface area contributed by atoms with Crippen molar-refractivity contribution in [1.29, 1.82) is 0 Å². The molecule has 2 rings (SSSR count). The summed E-state index contributed by atoms with van der Waals surface area (Å²) < 4.78 is 24.7. The highest BCUT2D eigenvalue weighted by atomic mass is 35.5. The number of alkyl halides is 1. The second-order valence-electron chi connectivity index (χ2n) is 4.98. The minimum atomic E-state index is -3.35. The first-order chi connectivity index (χ1) is 10.4. The molecule has 0 aromatic heterocycles. The summed E-state index contributed by atoms with van der Waals surface area (Å²) in [4.78, 5) is 4.42. The van der Waals surface area contributed by atoms with Crippen LogP contribution >= 0.6 is 11.6 Å². The third-order valence-electron chi connectivity index (χ3n) is 3.08. The molecule has 0 aliphatic carbocycles. The van der Waals surface area contributed by atoms with E-state index in [0.29, 0.717) is 22.0 Å². The molecule has 2 aromatic carbocycles. The van der Waals surface area contributed by atoms with E-state index < -0.39 is 9.84 Å². The third kappa shape index (κ3) is 4.32. The number of sulfone groups is 1. The average Bonchev–Trinajstić information content (AvgIpc) is 2.49. The monoisotopic (exact) mass is 336 g/mol. The molecule has 0 aliphatic rings. The normalized spacial score (nSPS) is 12.4. The maximum atomic E-state index is 12.4. The van der Waals surface area contributed by atoms with Gasteiger partial charge < -0.3 is 5.73 Å². The van der Waals surface area contributed by atoms with E-state index >= 15 is 0 Å². The standard InChI is InChI=1S/C16H17ClN2O2S/c1-12-2-8-15(9-3-12)22(20,21)11-13-4-6-14(7-5-13)19-16(18)10-17/h2-9H,10-11H2,1H3,(H2,18,19). The van der Waals surface area contributed by atoms with Gasteiger partial charge in [-0.15, -0.1) is 11.6 Å². The molecule has 22 heavy (non-hydrogen) atoms. The van der Waals surface area contributed by atoms with E-state index in [0.717, 1.165) is 5.56 Å². The Morgan fingerprint density at radius 2 is 1.68 bits per heavy atom. The molecule has 0 aliphatic heterocycles. The van der Waals surface area contributed by atoms with Gasteiger partial charge in [0.15, 0.2) is 9.84 Å². The van der Waals surface area contributed by atoms with E-state index in [1.807, 2.05) is 6.92 Å². The van der Waals surface area contributed by atoms with E-state index in [-0.39, 0.29) is 11.6 Å². The van der Waals surface area contributed by atoms with E-state index in [1.54, 1.807) is 48.5 Å². The number of benzene rings is 2. The smallest absolute Gasteiger partial charge is 0.182 e. The number of hydrogen-bond donors (Lipinski definition) is 1. The Morgan fingerprint density at radius 1 is 1.09 bits per heavy atom. The molecule has 0 saturated carbocycles. The van der Waals surface area contributed by atoms with Crippen LogP contribution < -0.4 is 5.73 Å². The van der Waals surface area contributed by atoms with E-state index in [9.17, 15) is 8.42 Å². The minimum absolute atomic E-state index is 0.0506. The zero-order valence-electron chi connectivity index (χ0n) is 12.2. The molecule has 0 amide bonds. The van der Waals surface area contributed by atoms with Crippen molar-refractivity contribution in [2.24, 2.45) is 10.7 Å². The number of nitrogens with two attached hydrogens (primary N) is 1. The van der Waals surface area contributed by atoms with Crippen molar-refractivity contribution in [3.05, 3.63) is 59.7 Å². The van der Waals surface area contributed by atoms with Gasteiger partial charge in [0.25, 0.3) is 0 Å². The van der Waals surface area contributed by atoms with Crippen LogP contribution in [0.1, 0.15) is 11.1 Å². The number of aryl methyl sites for hydroxylation is 1. The molecule has 0 saturated heterocycles. The molecular formula is C16H17ClN2O2S. The summed E-state index contributed by atoms with van der Waals surface area (Å²) in [5, 5.41) is 0. The van der Waals surface area contributed by atoms with Crippen LogP contribution in [0.15, 0.2) is 58.4 Å². The molecule has 2 N–H and O–H groups in total. The summed E-state index contributed by atoms with van der Waals surface area (Å²) in [5.74, 6) is 0.427. The Bertz CT molecular complexity index is 767. The lowest BCUT2D eigenvalue weighted by Gasteiger charge is -2.06. The van der Waals surface area contributed by atoms with Gasteiger partial charge in [0, 0.05) is 0 Å². The second kappa shape index (κ2) is 6.94. The van der Waals surface area contributed by atoms with Gasteiger partial charge in [-0.1, -0.05) is 29.8 Å². The largest absolute Gasteiger partial charge is 0.386 e. The fourth-order valence-electron chi connectivity index (χ4n) is 1.91. The summed E-state index contributed by atoms with van der Waals surface area (Å²) in [6, 6.07) is 13.7. The van der Waals surface area contributed by atoms with Gasteiger partial charge >= 0.3 is 0 Å². The molecule has 116 valence electrons. The number of amidine groups is 1. The Morgan fingerprint density at radius 3 is 2.23 bits per heavy atom. The minimum Gasteiger partial charge on any atom is -0.386 e. The lowest BCUT2D eigenvalue weighted by atomic mass is 10.2. The lowest BCUT2D eigenvalue weighted by Crippen LogP contribution is -2.12. The zero-order chi connectivity index (χ0) is 16.2. The summed E-state index contributed by atoms with van der Waals surface area (Å²) in [6.07, 6.45) is 0. The quantitative estimate of drug-likeness (QED) is 0.517. The van der Waals surface area contributed by atoms with Crippen molar-refractivity contribution in [1.82, 2.24) is 0 Å². The van der Waals surface area contributed by atoms with Crippen molar-refractivity contribution in [2.75, 3.05) is 5.88 Å². The van der Waals surface area contributed by atoms with Crippen LogP contribution in [0.5, 0.6) is 0 Å². The predicted molar refractivity (Wildman–Crippen MR) is 90.5 cm³/mol. The van der Waals surface area contributed by atoms with Crippen molar-refractivity contribution >= 4 is 33.0 Å². The summed E-state index contributed by atoms with van der Waals surface area (Å²) in [6.45, 7) is 1.92. The van der Waals surface area contributed by atoms with Crippen LogP contribution in [-0.4, -0.2) is 20.1 Å². The molecule has 0 bridgehead atoms. The Kier molecular flexibility index (Phi) is 5.21. The molecule has 0 radical (unpaired) electrons. The van der Waals surface area contributed by atoms with Crippen molar-refractivity contribution < 1.29 is 8.42 Å². The van der Waals surface area contributed by atoms with Crippen LogP contribution in [0.4, 0.5) is 5.69 Å². The number of nitrogens with zero attached hydrogens (tertiary/aromatic N) is 1. The maximum absolute atomic E-state index is 12.4. The molecule has 0 unspecified atom stereocenters.